The minimum absolute atomic E-state index is 0.142. The van der Waals surface area contributed by atoms with E-state index in [0.717, 1.165) is 22.6 Å². The topological polar surface area (TPSA) is 67.2 Å². The molecule has 0 aliphatic carbocycles. The number of amides is 2. The second kappa shape index (κ2) is 8.39. The van der Waals surface area contributed by atoms with Gasteiger partial charge in [0.1, 0.15) is 6.04 Å². The van der Waals surface area contributed by atoms with Crippen molar-refractivity contribution in [2.45, 2.75) is 33.4 Å². The number of nitrogens with one attached hydrogen (secondary N) is 1. The van der Waals surface area contributed by atoms with E-state index in [1.807, 2.05) is 60.3 Å². The van der Waals surface area contributed by atoms with Gasteiger partial charge in [-0.05, 0) is 44.4 Å². The zero-order valence-electron chi connectivity index (χ0n) is 16.5. The molecule has 2 amide bonds. The molecule has 0 spiro atoms. The lowest BCUT2D eigenvalue weighted by molar-refractivity contribution is -0.132. The average Bonchev–Trinajstić information content (AvgIpc) is 3.32. The standard InChI is InChI=1S/C21H24N4O2S/c1-14-18(16(3)25(23-14)17-9-6-5-7-10-17)13-24(4)21(27)15(2)22-20(26)19-11-8-12-28-19/h5-12,15H,13H2,1-4H3,(H,22,26). The molecule has 3 aromatic rings. The SMILES string of the molecule is Cc1nn(-c2ccccc2)c(C)c1CN(C)C(=O)C(C)NC(=O)c1cccs1. The third-order valence-corrected chi connectivity index (χ3v) is 5.55. The summed E-state index contributed by atoms with van der Waals surface area (Å²) in [5.41, 5.74) is 3.88. The van der Waals surface area contributed by atoms with Gasteiger partial charge in [-0.2, -0.15) is 5.10 Å². The van der Waals surface area contributed by atoms with Crippen LogP contribution in [-0.4, -0.2) is 39.6 Å². The normalized spacial score (nSPS) is 11.9. The first-order valence-electron chi connectivity index (χ1n) is 9.08. The van der Waals surface area contributed by atoms with E-state index in [-0.39, 0.29) is 11.8 Å². The molecule has 6 nitrogen and oxygen atoms in total. The molecular formula is C21H24N4O2S. The second-order valence-electron chi connectivity index (χ2n) is 6.76. The maximum atomic E-state index is 12.7. The highest BCUT2D eigenvalue weighted by atomic mass is 32.1. The number of benzene rings is 1. The van der Waals surface area contributed by atoms with Crippen molar-refractivity contribution < 1.29 is 9.59 Å². The summed E-state index contributed by atoms with van der Waals surface area (Å²) in [4.78, 5) is 27.2. The highest BCUT2D eigenvalue weighted by Crippen LogP contribution is 2.19. The number of hydrogen-bond acceptors (Lipinski definition) is 4. The first-order valence-corrected chi connectivity index (χ1v) is 9.96. The summed E-state index contributed by atoms with van der Waals surface area (Å²) < 4.78 is 1.89. The van der Waals surface area contributed by atoms with E-state index >= 15 is 0 Å². The molecule has 1 aromatic carbocycles. The van der Waals surface area contributed by atoms with Gasteiger partial charge in [0.05, 0.1) is 16.3 Å². The summed E-state index contributed by atoms with van der Waals surface area (Å²) in [6, 6.07) is 12.9. The van der Waals surface area contributed by atoms with Crippen LogP contribution in [-0.2, 0) is 11.3 Å². The second-order valence-corrected chi connectivity index (χ2v) is 7.71. The van der Waals surface area contributed by atoms with Gasteiger partial charge in [-0.1, -0.05) is 24.3 Å². The minimum Gasteiger partial charge on any atom is -0.340 e. The maximum absolute atomic E-state index is 12.7. The Kier molecular flexibility index (Phi) is 5.94. The number of likely N-dealkylation sites (N-methyl/N-ethyl adjacent to an activating group) is 1. The molecule has 0 aliphatic heterocycles. The molecular weight excluding hydrogens is 372 g/mol. The van der Waals surface area contributed by atoms with Crippen molar-refractivity contribution >= 4 is 23.2 Å². The first kappa shape index (κ1) is 19.8. The van der Waals surface area contributed by atoms with Crippen LogP contribution in [0.15, 0.2) is 47.8 Å². The first-order chi connectivity index (χ1) is 13.4. The lowest BCUT2D eigenvalue weighted by Crippen LogP contribution is -2.45. The van der Waals surface area contributed by atoms with E-state index in [0.29, 0.717) is 11.4 Å². The van der Waals surface area contributed by atoms with Crippen LogP contribution < -0.4 is 5.32 Å². The number of carbonyl (C=O) groups excluding carboxylic acids is 2. The van der Waals surface area contributed by atoms with E-state index in [9.17, 15) is 9.59 Å². The number of aromatic nitrogens is 2. The van der Waals surface area contributed by atoms with E-state index in [1.165, 1.54) is 11.3 Å². The molecule has 2 heterocycles. The number of carbonyl (C=O) groups is 2. The van der Waals surface area contributed by atoms with Crippen LogP contribution in [0, 0.1) is 13.8 Å². The number of hydrogen-bond donors (Lipinski definition) is 1. The maximum Gasteiger partial charge on any atom is 0.261 e. The van der Waals surface area contributed by atoms with Crippen molar-refractivity contribution in [2.24, 2.45) is 0 Å². The summed E-state index contributed by atoms with van der Waals surface area (Å²) in [6.45, 7) is 6.09. The van der Waals surface area contributed by atoms with E-state index in [4.69, 9.17) is 0 Å². The Bertz CT molecular complexity index is 964. The summed E-state index contributed by atoms with van der Waals surface area (Å²) in [7, 11) is 1.74. The van der Waals surface area contributed by atoms with Gasteiger partial charge >= 0.3 is 0 Å². The third-order valence-electron chi connectivity index (χ3n) is 4.68. The molecule has 3 rings (SSSR count). The predicted molar refractivity (Wildman–Crippen MR) is 111 cm³/mol. The van der Waals surface area contributed by atoms with Crippen LogP contribution in [0.25, 0.3) is 5.69 Å². The minimum atomic E-state index is -0.607. The zero-order chi connectivity index (χ0) is 20.3. The quantitative estimate of drug-likeness (QED) is 0.695. The fourth-order valence-corrected chi connectivity index (χ4v) is 3.73. The van der Waals surface area contributed by atoms with Crippen molar-refractivity contribution in [1.29, 1.82) is 0 Å². The highest BCUT2D eigenvalue weighted by Gasteiger charge is 2.23. The lowest BCUT2D eigenvalue weighted by Gasteiger charge is -2.22. The van der Waals surface area contributed by atoms with Crippen LogP contribution in [0.1, 0.15) is 33.5 Å². The predicted octanol–water partition coefficient (Wildman–Crippen LogP) is 3.33. The molecule has 0 saturated carbocycles. The van der Waals surface area contributed by atoms with Crippen molar-refractivity contribution in [3.05, 3.63) is 69.7 Å². The van der Waals surface area contributed by atoms with E-state index < -0.39 is 6.04 Å². The Hall–Kier alpha value is -2.93. The number of para-hydroxylation sites is 1. The number of nitrogens with zero attached hydrogens (tertiary/aromatic N) is 3. The van der Waals surface area contributed by atoms with Crippen LogP contribution in [0.5, 0.6) is 0 Å². The molecule has 0 bridgehead atoms. The summed E-state index contributed by atoms with van der Waals surface area (Å²) in [6.07, 6.45) is 0. The van der Waals surface area contributed by atoms with E-state index in [2.05, 4.69) is 10.4 Å². The Morgan fingerprint density at radius 1 is 1.18 bits per heavy atom. The molecule has 1 atom stereocenters. The molecule has 0 aliphatic rings. The molecule has 0 saturated heterocycles. The number of aryl methyl sites for hydroxylation is 1. The molecule has 1 unspecified atom stereocenters. The molecule has 0 fully saturated rings. The van der Waals surface area contributed by atoms with Gasteiger partial charge in [0.2, 0.25) is 5.91 Å². The van der Waals surface area contributed by atoms with Crippen LogP contribution in [0.2, 0.25) is 0 Å². The van der Waals surface area contributed by atoms with Crippen molar-refractivity contribution in [3.8, 4) is 5.69 Å². The lowest BCUT2D eigenvalue weighted by atomic mass is 10.1. The van der Waals surface area contributed by atoms with Gasteiger partial charge < -0.3 is 10.2 Å². The van der Waals surface area contributed by atoms with Crippen molar-refractivity contribution in [3.63, 3.8) is 0 Å². The van der Waals surface area contributed by atoms with Gasteiger partial charge in [0.15, 0.2) is 0 Å². The number of thiophene rings is 1. The van der Waals surface area contributed by atoms with Crippen LogP contribution in [0.3, 0.4) is 0 Å². The monoisotopic (exact) mass is 396 g/mol. The summed E-state index contributed by atoms with van der Waals surface area (Å²) in [5.74, 6) is -0.371. The molecule has 146 valence electrons. The highest BCUT2D eigenvalue weighted by molar-refractivity contribution is 7.12. The fraction of sp³-hybridized carbons (Fsp3) is 0.286. The number of rotatable bonds is 6. The fourth-order valence-electron chi connectivity index (χ4n) is 3.11. The Balaban J connectivity index is 1.70. The van der Waals surface area contributed by atoms with Gasteiger partial charge in [-0.15, -0.1) is 11.3 Å². The Labute approximate surface area is 168 Å². The third kappa shape index (κ3) is 4.14. The average molecular weight is 397 g/mol. The summed E-state index contributed by atoms with van der Waals surface area (Å²) >= 11 is 1.35. The van der Waals surface area contributed by atoms with Gasteiger partial charge in [-0.3, -0.25) is 9.59 Å². The molecule has 28 heavy (non-hydrogen) atoms. The zero-order valence-corrected chi connectivity index (χ0v) is 17.3. The summed E-state index contributed by atoms with van der Waals surface area (Å²) in [5, 5.41) is 9.24. The largest absolute Gasteiger partial charge is 0.340 e. The Morgan fingerprint density at radius 3 is 2.54 bits per heavy atom. The van der Waals surface area contributed by atoms with Gasteiger partial charge in [0, 0.05) is 24.8 Å². The van der Waals surface area contributed by atoms with Gasteiger partial charge in [-0.25, -0.2) is 4.68 Å². The van der Waals surface area contributed by atoms with Crippen LogP contribution in [0.4, 0.5) is 0 Å². The Morgan fingerprint density at radius 2 is 1.89 bits per heavy atom. The molecule has 1 N–H and O–H groups in total. The van der Waals surface area contributed by atoms with E-state index in [1.54, 1.807) is 24.9 Å². The van der Waals surface area contributed by atoms with Crippen LogP contribution >= 0.6 is 11.3 Å². The van der Waals surface area contributed by atoms with Crippen molar-refractivity contribution in [1.82, 2.24) is 20.0 Å². The smallest absolute Gasteiger partial charge is 0.261 e. The van der Waals surface area contributed by atoms with Gasteiger partial charge in [0.25, 0.3) is 5.91 Å². The molecule has 7 heteroatoms. The molecule has 2 aromatic heterocycles. The van der Waals surface area contributed by atoms with Crippen molar-refractivity contribution in [2.75, 3.05) is 7.05 Å². The molecule has 0 radical (unpaired) electrons.